The SMILES string of the molecule is COCCC(C)C1(CNC(C)C)CC2CCC1C2. The van der Waals surface area contributed by atoms with Crippen molar-refractivity contribution in [2.75, 3.05) is 20.3 Å². The Balaban J connectivity index is 2.03. The van der Waals surface area contributed by atoms with E-state index in [1.807, 2.05) is 7.11 Å². The largest absolute Gasteiger partial charge is 0.385 e. The minimum absolute atomic E-state index is 0.561. The normalized spacial score (nSPS) is 36.5. The van der Waals surface area contributed by atoms with E-state index < -0.39 is 0 Å². The number of hydrogen-bond donors (Lipinski definition) is 1. The minimum Gasteiger partial charge on any atom is -0.385 e. The number of nitrogens with one attached hydrogen (secondary N) is 1. The second-order valence-corrected chi connectivity index (χ2v) is 7.03. The van der Waals surface area contributed by atoms with Gasteiger partial charge >= 0.3 is 0 Å². The summed E-state index contributed by atoms with van der Waals surface area (Å²) in [5.41, 5.74) is 0.561. The molecule has 0 aromatic carbocycles. The van der Waals surface area contributed by atoms with Crippen LogP contribution in [0.2, 0.25) is 0 Å². The van der Waals surface area contributed by atoms with E-state index in [1.165, 1.54) is 38.6 Å². The molecule has 0 heterocycles. The van der Waals surface area contributed by atoms with Gasteiger partial charge in [0.25, 0.3) is 0 Å². The molecule has 0 spiro atoms. The molecule has 2 aliphatic carbocycles. The first-order valence-electron chi connectivity index (χ1n) is 7.81. The molecule has 18 heavy (non-hydrogen) atoms. The van der Waals surface area contributed by atoms with E-state index in [0.717, 1.165) is 24.4 Å². The van der Waals surface area contributed by atoms with Crippen molar-refractivity contribution in [2.24, 2.45) is 23.2 Å². The van der Waals surface area contributed by atoms with E-state index in [-0.39, 0.29) is 0 Å². The van der Waals surface area contributed by atoms with Crippen LogP contribution in [0, 0.1) is 23.2 Å². The monoisotopic (exact) mass is 253 g/mol. The lowest BCUT2D eigenvalue weighted by Gasteiger charge is -2.44. The zero-order chi connectivity index (χ0) is 13.2. The van der Waals surface area contributed by atoms with Gasteiger partial charge in [0.05, 0.1) is 0 Å². The summed E-state index contributed by atoms with van der Waals surface area (Å²) in [5, 5.41) is 3.73. The molecule has 4 atom stereocenters. The van der Waals surface area contributed by atoms with Crippen LogP contribution in [0.4, 0.5) is 0 Å². The van der Waals surface area contributed by atoms with E-state index in [4.69, 9.17) is 4.74 Å². The summed E-state index contributed by atoms with van der Waals surface area (Å²) in [5.74, 6) is 2.79. The molecule has 1 N–H and O–H groups in total. The van der Waals surface area contributed by atoms with Gasteiger partial charge in [0.1, 0.15) is 0 Å². The predicted octanol–water partition coefficient (Wildman–Crippen LogP) is 3.46. The Labute approximate surface area is 113 Å². The highest BCUT2D eigenvalue weighted by Gasteiger charge is 2.52. The average Bonchev–Trinajstić information content (AvgIpc) is 2.94. The number of rotatable bonds is 7. The van der Waals surface area contributed by atoms with Crippen molar-refractivity contribution in [1.29, 1.82) is 0 Å². The second-order valence-electron chi connectivity index (χ2n) is 7.03. The lowest BCUT2D eigenvalue weighted by atomic mass is 9.64. The molecule has 0 aromatic rings. The van der Waals surface area contributed by atoms with Gasteiger partial charge in [-0.05, 0) is 48.9 Å². The maximum Gasteiger partial charge on any atom is 0.0465 e. The molecule has 2 fully saturated rings. The molecule has 0 amide bonds. The molecule has 4 unspecified atom stereocenters. The fraction of sp³-hybridized carbons (Fsp3) is 1.00. The highest BCUT2D eigenvalue weighted by molar-refractivity contribution is 5.03. The number of methoxy groups -OCH3 is 1. The third-order valence-electron chi connectivity index (χ3n) is 5.60. The van der Waals surface area contributed by atoms with Gasteiger partial charge in [0, 0.05) is 26.3 Å². The molecule has 2 nitrogen and oxygen atoms in total. The Morgan fingerprint density at radius 1 is 1.28 bits per heavy atom. The van der Waals surface area contributed by atoms with Crippen molar-refractivity contribution < 1.29 is 4.74 Å². The zero-order valence-corrected chi connectivity index (χ0v) is 12.7. The van der Waals surface area contributed by atoms with Crippen molar-refractivity contribution in [3.8, 4) is 0 Å². The Morgan fingerprint density at radius 2 is 2.06 bits per heavy atom. The van der Waals surface area contributed by atoms with Crippen LogP contribution in [0.3, 0.4) is 0 Å². The summed E-state index contributed by atoms with van der Waals surface area (Å²) in [4.78, 5) is 0. The number of hydrogen-bond acceptors (Lipinski definition) is 2. The van der Waals surface area contributed by atoms with Crippen LogP contribution in [0.15, 0.2) is 0 Å². The second kappa shape index (κ2) is 5.92. The van der Waals surface area contributed by atoms with E-state index in [1.54, 1.807) is 0 Å². The molecule has 0 saturated heterocycles. The van der Waals surface area contributed by atoms with Crippen molar-refractivity contribution in [3.63, 3.8) is 0 Å². The van der Waals surface area contributed by atoms with E-state index >= 15 is 0 Å². The molecule has 2 bridgehead atoms. The first-order chi connectivity index (χ1) is 8.58. The summed E-state index contributed by atoms with van der Waals surface area (Å²) in [6.07, 6.45) is 7.14. The summed E-state index contributed by atoms with van der Waals surface area (Å²) in [7, 11) is 1.83. The summed E-state index contributed by atoms with van der Waals surface area (Å²) in [6.45, 7) is 9.13. The Bertz CT molecular complexity index is 266. The van der Waals surface area contributed by atoms with E-state index in [9.17, 15) is 0 Å². The Kier molecular flexibility index (Phi) is 4.71. The maximum absolute atomic E-state index is 5.30. The molecular formula is C16H31NO. The first-order valence-corrected chi connectivity index (χ1v) is 7.81. The highest BCUT2D eigenvalue weighted by Crippen LogP contribution is 2.59. The van der Waals surface area contributed by atoms with E-state index in [2.05, 4.69) is 26.1 Å². The van der Waals surface area contributed by atoms with Crippen LogP contribution >= 0.6 is 0 Å². The molecule has 2 aliphatic rings. The van der Waals surface area contributed by atoms with Crippen molar-refractivity contribution in [3.05, 3.63) is 0 Å². The third kappa shape index (κ3) is 2.75. The van der Waals surface area contributed by atoms with Gasteiger partial charge < -0.3 is 10.1 Å². The standard InChI is InChI=1S/C16H31NO/c1-12(2)17-11-16(13(3)7-8-18-4)10-14-5-6-15(16)9-14/h12-15,17H,5-11H2,1-4H3. The van der Waals surface area contributed by atoms with Gasteiger partial charge in [-0.1, -0.05) is 27.2 Å². The van der Waals surface area contributed by atoms with Gasteiger partial charge in [0.15, 0.2) is 0 Å². The molecule has 0 aromatic heterocycles. The average molecular weight is 253 g/mol. The quantitative estimate of drug-likeness (QED) is 0.750. The summed E-state index contributed by atoms with van der Waals surface area (Å²) < 4.78 is 5.30. The van der Waals surface area contributed by atoms with Crippen LogP contribution in [-0.2, 0) is 4.74 Å². The molecule has 2 saturated carbocycles. The lowest BCUT2D eigenvalue weighted by molar-refractivity contribution is 0.0555. The molecular weight excluding hydrogens is 222 g/mol. The minimum atomic E-state index is 0.561. The predicted molar refractivity (Wildman–Crippen MR) is 76.7 cm³/mol. The Hall–Kier alpha value is -0.0800. The summed E-state index contributed by atoms with van der Waals surface area (Å²) >= 11 is 0. The van der Waals surface area contributed by atoms with Gasteiger partial charge in [-0.25, -0.2) is 0 Å². The maximum atomic E-state index is 5.30. The number of fused-ring (bicyclic) bond motifs is 2. The smallest absolute Gasteiger partial charge is 0.0465 e. The van der Waals surface area contributed by atoms with Crippen molar-refractivity contribution in [2.45, 2.75) is 58.9 Å². The number of ether oxygens (including phenoxy) is 1. The topological polar surface area (TPSA) is 21.3 Å². The van der Waals surface area contributed by atoms with Gasteiger partial charge in [-0.15, -0.1) is 0 Å². The van der Waals surface area contributed by atoms with Gasteiger partial charge in [0.2, 0.25) is 0 Å². The van der Waals surface area contributed by atoms with Crippen LogP contribution in [0.5, 0.6) is 0 Å². The molecule has 0 radical (unpaired) electrons. The molecule has 2 heteroatoms. The highest BCUT2D eigenvalue weighted by atomic mass is 16.5. The first kappa shape index (κ1) is 14.3. The van der Waals surface area contributed by atoms with Crippen LogP contribution < -0.4 is 5.32 Å². The van der Waals surface area contributed by atoms with E-state index in [0.29, 0.717) is 11.5 Å². The fourth-order valence-corrected chi connectivity index (χ4v) is 4.46. The van der Waals surface area contributed by atoms with Crippen LogP contribution in [0.1, 0.15) is 52.9 Å². The van der Waals surface area contributed by atoms with Gasteiger partial charge in [-0.2, -0.15) is 0 Å². The van der Waals surface area contributed by atoms with Crippen LogP contribution in [-0.4, -0.2) is 26.3 Å². The lowest BCUT2D eigenvalue weighted by Crippen LogP contribution is -2.45. The third-order valence-corrected chi connectivity index (χ3v) is 5.60. The molecule has 0 aliphatic heterocycles. The fourth-order valence-electron chi connectivity index (χ4n) is 4.46. The van der Waals surface area contributed by atoms with Crippen molar-refractivity contribution >= 4 is 0 Å². The van der Waals surface area contributed by atoms with Crippen molar-refractivity contribution in [1.82, 2.24) is 5.32 Å². The van der Waals surface area contributed by atoms with Crippen LogP contribution in [0.25, 0.3) is 0 Å². The Morgan fingerprint density at radius 3 is 2.56 bits per heavy atom. The zero-order valence-electron chi connectivity index (χ0n) is 12.7. The summed E-state index contributed by atoms with van der Waals surface area (Å²) in [6, 6.07) is 0.607. The molecule has 106 valence electrons. The molecule has 2 rings (SSSR count). The van der Waals surface area contributed by atoms with Gasteiger partial charge in [-0.3, -0.25) is 0 Å².